The van der Waals surface area contributed by atoms with Crippen molar-refractivity contribution in [1.29, 1.82) is 0 Å². The largest absolute Gasteiger partial charge is 0.479 e. The van der Waals surface area contributed by atoms with Crippen LogP contribution < -0.4 is 15.6 Å². The Labute approximate surface area is 133 Å². The summed E-state index contributed by atoms with van der Waals surface area (Å²) in [7, 11) is 0. The number of amides is 2. The topological polar surface area (TPSA) is 67.4 Å². The molecule has 0 spiro atoms. The third kappa shape index (κ3) is 6.23. The number of rotatable bonds is 6. The van der Waals surface area contributed by atoms with Gasteiger partial charge in [-0.3, -0.25) is 20.4 Å². The second-order valence-electron chi connectivity index (χ2n) is 4.48. The molecule has 0 aliphatic heterocycles. The maximum absolute atomic E-state index is 11.8. The van der Waals surface area contributed by atoms with Crippen LogP contribution in [0.15, 0.2) is 18.2 Å². The van der Waals surface area contributed by atoms with Gasteiger partial charge in [-0.15, -0.1) is 0 Å². The van der Waals surface area contributed by atoms with Gasteiger partial charge >= 0.3 is 0 Å². The molecule has 0 aliphatic carbocycles. The fraction of sp³-hybridized carbons (Fsp3) is 0.429. The van der Waals surface area contributed by atoms with Crippen LogP contribution in [0.1, 0.15) is 33.1 Å². The SMILES string of the molecule is CCCCC(=O)NNC(=O)C(C)Oc1ccc(Cl)cc1Cl. The molecule has 0 aromatic heterocycles. The van der Waals surface area contributed by atoms with Gasteiger partial charge in [0.2, 0.25) is 5.91 Å². The quantitative estimate of drug-likeness (QED) is 0.786. The summed E-state index contributed by atoms with van der Waals surface area (Å²) in [5, 5.41) is 0.793. The van der Waals surface area contributed by atoms with E-state index in [1.165, 1.54) is 6.07 Å². The molecule has 1 aromatic carbocycles. The minimum absolute atomic E-state index is 0.234. The molecule has 7 heteroatoms. The van der Waals surface area contributed by atoms with Crippen LogP contribution in [0.3, 0.4) is 0 Å². The van der Waals surface area contributed by atoms with Crippen LogP contribution in [-0.2, 0) is 9.59 Å². The molecule has 2 amide bonds. The molecule has 0 saturated heterocycles. The van der Waals surface area contributed by atoms with Gasteiger partial charge in [0.25, 0.3) is 5.91 Å². The van der Waals surface area contributed by atoms with Gasteiger partial charge < -0.3 is 4.74 Å². The van der Waals surface area contributed by atoms with Crippen LogP contribution in [0.4, 0.5) is 0 Å². The third-order valence-corrected chi connectivity index (χ3v) is 3.18. The van der Waals surface area contributed by atoms with E-state index in [4.69, 9.17) is 27.9 Å². The lowest BCUT2D eigenvalue weighted by Gasteiger charge is -2.16. The molecule has 1 unspecified atom stereocenters. The fourth-order valence-electron chi connectivity index (χ4n) is 1.45. The molecule has 2 N–H and O–H groups in total. The van der Waals surface area contributed by atoms with Gasteiger partial charge in [0.05, 0.1) is 5.02 Å². The van der Waals surface area contributed by atoms with Gasteiger partial charge in [-0.25, -0.2) is 0 Å². The van der Waals surface area contributed by atoms with Gasteiger partial charge in [0.15, 0.2) is 6.10 Å². The minimum Gasteiger partial charge on any atom is -0.479 e. The van der Waals surface area contributed by atoms with E-state index in [0.29, 0.717) is 22.2 Å². The summed E-state index contributed by atoms with van der Waals surface area (Å²) in [6.07, 6.45) is 1.24. The monoisotopic (exact) mass is 332 g/mol. The van der Waals surface area contributed by atoms with E-state index >= 15 is 0 Å². The average molecular weight is 333 g/mol. The Morgan fingerprint density at radius 3 is 2.62 bits per heavy atom. The second-order valence-corrected chi connectivity index (χ2v) is 5.32. The van der Waals surface area contributed by atoms with E-state index in [-0.39, 0.29) is 5.91 Å². The molecule has 0 radical (unpaired) electrons. The molecule has 1 atom stereocenters. The highest BCUT2D eigenvalue weighted by Crippen LogP contribution is 2.28. The van der Waals surface area contributed by atoms with Crippen molar-refractivity contribution in [1.82, 2.24) is 10.9 Å². The molecule has 0 saturated carbocycles. The average Bonchev–Trinajstić information content (AvgIpc) is 2.45. The number of carbonyl (C=O) groups is 2. The van der Waals surface area contributed by atoms with E-state index in [1.54, 1.807) is 19.1 Å². The number of benzene rings is 1. The van der Waals surface area contributed by atoms with Crippen LogP contribution in [0, 0.1) is 0 Å². The molecule has 0 bridgehead atoms. The normalized spacial score (nSPS) is 11.6. The number of unbranched alkanes of at least 4 members (excludes halogenated alkanes) is 1. The zero-order chi connectivity index (χ0) is 15.8. The molecule has 1 aromatic rings. The minimum atomic E-state index is -0.810. The van der Waals surface area contributed by atoms with Crippen molar-refractivity contribution in [3.63, 3.8) is 0 Å². The Morgan fingerprint density at radius 1 is 1.29 bits per heavy atom. The Bertz CT molecular complexity index is 509. The maximum Gasteiger partial charge on any atom is 0.279 e. The van der Waals surface area contributed by atoms with E-state index in [1.807, 2.05) is 6.92 Å². The van der Waals surface area contributed by atoms with Crippen LogP contribution in [-0.4, -0.2) is 17.9 Å². The van der Waals surface area contributed by atoms with Gasteiger partial charge in [0, 0.05) is 11.4 Å². The molecule has 0 fully saturated rings. The Hall–Kier alpha value is -1.46. The van der Waals surface area contributed by atoms with Crippen molar-refractivity contribution in [2.24, 2.45) is 0 Å². The summed E-state index contributed by atoms with van der Waals surface area (Å²) in [5.41, 5.74) is 4.64. The highest BCUT2D eigenvalue weighted by molar-refractivity contribution is 6.35. The Morgan fingerprint density at radius 2 is 2.00 bits per heavy atom. The molecule has 0 aliphatic rings. The van der Waals surface area contributed by atoms with Crippen LogP contribution in [0.5, 0.6) is 5.75 Å². The number of halogens is 2. The highest BCUT2D eigenvalue weighted by Gasteiger charge is 2.16. The first kappa shape index (κ1) is 17.6. The lowest BCUT2D eigenvalue weighted by molar-refractivity contribution is -0.132. The molecule has 0 heterocycles. The molecule has 21 heavy (non-hydrogen) atoms. The maximum atomic E-state index is 11.8. The molecule has 5 nitrogen and oxygen atoms in total. The summed E-state index contributed by atoms with van der Waals surface area (Å²) in [5.74, 6) is -0.353. The number of hydrazine groups is 1. The lowest BCUT2D eigenvalue weighted by Crippen LogP contribution is -2.47. The number of nitrogens with one attached hydrogen (secondary N) is 2. The summed E-state index contributed by atoms with van der Waals surface area (Å²) in [6.45, 7) is 3.54. The number of hydrogen-bond acceptors (Lipinski definition) is 3. The highest BCUT2D eigenvalue weighted by atomic mass is 35.5. The standard InChI is InChI=1S/C14H18Cl2N2O3/c1-3-4-5-13(19)17-18-14(20)9(2)21-12-7-6-10(15)8-11(12)16/h6-9H,3-5H2,1-2H3,(H,17,19)(H,18,20). The van der Waals surface area contributed by atoms with Crippen LogP contribution in [0.2, 0.25) is 10.0 Å². The first-order valence-electron chi connectivity index (χ1n) is 6.64. The van der Waals surface area contributed by atoms with Crippen LogP contribution in [0.25, 0.3) is 0 Å². The van der Waals surface area contributed by atoms with E-state index in [2.05, 4.69) is 10.9 Å². The van der Waals surface area contributed by atoms with Crippen molar-refractivity contribution in [2.45, 2.75) is 39.2 Å². The van der Waals surface area contributed by atoms with Crippen molar-refractivity contribution < 1.29 is 14.3 Å². The number of hydrogen-bond donors (Lipinski definition) is 2. The van der Waals surface area contributed by atoms with Gasteiger partial charge in [0.1, 0.15) is 5.75 Å². The smallest absolute Gasteiger partial charge is 0.279 e. The van der Waals surface area contributed by atoms with Gasteiger partial charge in [-0.05, 0) is 31.5 Å². The summed E-state index contributed by atoms with van der Waals surface area (Å²) < 4.78 is 5.42. The molecular weight excluding hydrogens is 315 g/mol. The van der Waals surface area contributed by atoms with Crippen molar-refractivity contribution in [3.05, 3.63) is 28.2 Å². The summed E-state index contributed by atoms with van der Waals surface area (Å²) >= 11 is 11.7. The lowest BCUT2D eigenvalue weighted by atomic mass is 10.2. The Balaban J connectivity index is 2.45. The van der Waals surface area contributed by atoms with Crippen molar-refractivity contribution >= 4 is 35.0 Å². The predicted octanol–water partition coefficient (Wildman–Crippen LogP) is 3.10. The van der Waals surface area contributed by atoms with E-state index in [0.717, 1.165) is 12.8 Å². The van der Waals surface area contributed by atoms with Crippen molar-refractivity contribution in [2.75, 3.05) is 0 Å². The van der Waals surface area contributed by atoms with Crippen LogP contribution >= 0.6 is 23.2 Å². The molecule has 116 valence electrons. The summed E-state index contributed by atoms with van der Waals surface area (Å²) in [4.78, 5) is 23.2. The van der Waals surface area contributed by atoms with E-state index < -0.39 is 12.0 Å². The molecule has 1 rings (SSSR count). The first-order valence-corrected chi connectivity index (χ1v) is 7.40. The zero-order valence-corrected chi connectivity index (χ0v) is 13.4. The first-order chi connectivity index (χ1) is 9.93. The number of carbonyl (C=O) groups excluding carboxylic acids is 2. The zero-order valence-electron chi connectivity index (χ0n) is 11.9. The van der Waals surface area contributed by atoms with Gasteiger partial charge in [-0.2, -0.15) is 0 Å². The summed E-state index contributed by atoms with van der Waals surface area (Å²) in [6, 6.07) is 4.71. The molecular formula is C14H18Cl2N2O3. The fourth-order valence-corrected chi connectivity index (χ4v) is 1.90. The van der Waals surface area contributed by atoms with E-state index in [9.17, 15) is 9.59 Å². The third-order valence-electron chi connectivity index (χ3n) is 2.65. The predicted molar refractivity (Wildman–Crippen MR) is 82.4 cm³/mol. The second kappa shape index (κ2) is 8.74. The Kier molecular flexibility index (Phi) is 7.32. The number of ether oxygens (including phenoxy) is 1. The van der Waals surface area contributed by atoms with Gasteiger partial charge in [-0.1, -0.05) is 36.5 Å². The van der Waals surface area contributed by atoms with Crippen molar-refractivity contribution in [3.8, 4) is 5.75 Å².